The minimum Gasteiger partial charge on any atom is -0.464 e. The Morgan fingerprint density at radius 1 is 1.17 bits per heavy atom. The van der Waals surface area contributed by atoms with Crippen LogP contribution in [0.2, 0.25) is 0 Å². The monoisotopic (exact) mass is 339 g/mol. The summed E-state index contributed by atoms with van der Waals surface area (Å²) in [6.45, 7) is 4.40. The van der Waals surface area contributed by atoms with E-state index in [1.165, 1.54) is 19.1 Å². The largest absolute Gasteiger partial charge is 0.464 e. The molecule has 2 rings (SSSR count). The van der Waals surface area contributed by atoms with Gasteiger partial charge in [0.15, 0.2) is 11.5 Å². The first kappa shape index (κ1) is 17.0. The van der Waals surface area contributed by atoms with Crippen molar-refractivity contribution in [3.8, 4) is 0 Å². The first-order valence-electron chi connectivity index (χ1n) is 6.86. The van der Waals surface area contributed by atoms with Gasteiger partial charge in [-0.15, -0.1) is 0 Å². The minimum atomic E-state index is -3.97. The molecule has 0 radical (unpaired) electrons. The maximum Gasteiger partial charge on any atom is 0.359 e. The highest BCUT2D eigenvalue weighted by atomic mass is 32.2. The van der Waals surface area contributed by atoms with Crippen LogP contribution in [0.4, 0.5) is 0 Å². The normalized spacial score (nSPS) is 16.1. The van der Waals surface area contributed by atoms with Crippen LogP contribution in [0.5, 0.6) is 0 Å². The van der Waals surface area contributed by atoms with Crippen molar-refractivity contribution in [3.05, 3.63) is 35.5 Å². The topological polar surface area (TPSA) is 90.0 Å². The molecule has 0 aliphatic carbocycles. The van der Waals surface area contributed by atoms with Gasteiger partial charge in [0.2, 0.25) is 0 Å². The van der Waals surface area contributed by atoms with Crippen molar-refractivity contribution in [1.82, 2.24) is 4.31 Å². The van der Waals surface area contributed by atoms with E-state index in [4.69, 9.17) is 9.47 Å². The number of nitrogens with zero attached hydrogens (tertiary/aromatic N) is 1. The zero-order valence-electron chi connectivity index (χ0n) is 13.2. The molecule has 0 aromatic heterocycles. The van der Waals surface area contributed by atoms with Crippen LogP contribution in [0.1, 0.15) is 26.3 Å². The lowest BCUT2D eigenvalue weighted by atomic mass is 10.1. The third-order valence-electron chi connectivity index (χ3n) is 3.20. The van der Waals surface area contributed by atoms with Gasteiger partial charge in [-0.1, -0.05) is 12.1 Å². The second-order valence-electron chi connectivity index (χ2n) is 5.15. The van der Waals surface area contributed by atoms with E-state index in [0.29, 0.717) is 0 Å². The summed E-state index contributed by atoms with van der Waals surface area (Å²) < 4.78 is 36.5. The van der Waals surface area contributed by atoms with Gasteiger partial charge in [-0.05, 0) is 26.0 Å². The van der Waals surface area contributed by atoms with Crippen molar-refractivity contribution < 1.29 is 27.5 Å². The van der Waals surface area contributed by atoms with Crippen molar-refractivity contribution in [2.24, 2.45) is 0 Å². The second-order valence-corrected chi connectivity index (χ2v) is 6.94. The highest BCUT2D eigenvalue weighted by Crippen LogP contribution is 2.39. The number of hydrogen-bond acceptors (Lipinski definition) is 6. The molecule has 0 bridgehead atoms. The van der Waals surface area contributed by atoms with Crippen molar-refractivity contribution in [2.75, 3.05) is 7.11 Å². The fourth-order valence-corrected chi connectivity index (χ4v) is 4.25. The second kappa shape index (κ2) is 6.04. The molecule has 0 unspecified atom stereocenters. The SMILES string of the molecule is COC(=O)C1=C(OC(C)=O)c2ccccc2S(=O)(=O)N1C(C)C. The minimum absolute atomic E-state index is 0.0300. The Labute approximate surface area is 134 Å². The van der Waals surface area contributed by atoms with Crippen LogP contribution in [0, 0.1) is 0 Å². The van der Waals surface area contributed by atoms with Gasteiger partial charge in [0.05, 0.1) is 12.0 Å². The molecule has 1 aliphatic rings. The summed E-state index contributed by atoms with van der Waals surface area (Å²) >= 11 is 0. The van der Waals surface area contributed by atoms with Crippen molar-refractivity contribution >= 4 is 27.7 Å². The molecule has 0 amide bonds. The van der Waals surface area contributed by atoms with Crippen LogP contribution in [-0.4, -0.2) is 37.8 Å². The van der Waals surface area contributed by atoms with Crippen LogP contribution < -0.4 is 0 Å². The zero-order chi connectivity index (χ0) is 17.4. The van der Waals surface area contributed by atoms with E-state index in [2.05, 4.69) is 0 Å². The zero-order valence-corrected chi connectivity index (χ0v) is 14.0. The summed E-state index contributed by atoms with van der Waals surface area (Å²) in [7, 11) is -2.84. The highest BCUT2D eigenvalue weighted by molar-refractivity contribution is 7.89. The van der Waals surface area contributed by atoms with Crippen LogP contribution >= 0.6 is 0 Å². The number of carbonyl (C=O) groups is 2. The molecular weight excluding hydrogens is 322 g/mol. The lowest BCUT2D eigenvalue weighted by Gasteiger charge is -2.34. The lowest BCUT2D eigenvalue weighted by Crippen LogP contribution is -2.43. The molecule has 0 saturated carbocycles. The lowest BCUT2D eigenvalue weighted by molar-refractivity contribution is -0.138. The average molecular weight is 339 g/mol. The molecule has 8 heteroatoms. The predicted molar refractivity (Wildman–Crippen MR) is 81.3 cm³/mol. The summed E-state index contributed by atoms with van der Waals surface area (Å²) in [5.74, 6) is -1.68. The standard InChI is InChI=1S/C15H17NO6S/c1-9(2)16-13(15(18)21-4)14(22-10(3)17)11-7-5-6-8-12(11)23(16,19)20/h5-9H,1-4H3. The number of esters is 2. The summed E-state index contributed by atoms with van der Waals surface area (Å²) in [6, 6.07) is 5.46. The Bertz CT molecular complexity index is 794. The molecular formula is C15H17NO6S. The number of carbonyl (C=O) groups excluding carboxylic acids is 2. The van der Waals surface area contributed by atoms with E-state index in [-0.39, 0.29) is 21.9 Å². The summed E-state index contributed by atoms with van der Waals surface area (Å²) in [5, 5.41) is 0. The van der Waals surface area contributed by atoms with E-state index in [0.717, 1.165) is 11.4 Å². The van der Waals surface area contributed by atoms with Gasteiger partial charge in [-0.2, -0.15) is 0 Å². The van der Waals surface area contributed by atoms with E-state index in [1.54, 1.807) is 26.0 Å². The molecule has 23 heavy (non-hydrogen) atoms. The Kier molecular flexibility index (Phi) is 4.46. The quantitative estimate of drug-likeness (QED) is 0.775. The highest BCUT2D eigenvalue weighted by Gasteiger charge is 2.43. The van der Waals surface area contributed by atoms with Gasteiger partial charge in [0.1, 0.15) is 0 Å². The average Bonchev–Trinajstić information content (AvgIpc) is 2.48. The van der Waals surface area contributed by atoms with E-state index in [9.17, 15) is 18.0 Å². The molecule has 0 saturated heterocycles. The van der Waals surface area contributed by atoms with E-state index < -0.39 is 28.0 Å². The number of ether oxygens (including phenoxy) is 2. The molecule has 0 fully saturated rings. The number of sulfonamides is 1. The fourth-order valence-electron chi connectivity index (χ4n) is 2.40. The van der Waals surface area contributed by atoms with Gasteiger partial charge in [0, 0.05) is 18.5 Å². The Balaban J connectivity index is 2.90. The summed E-state index contributed by atoms with van der Waals surface area (Å²) in [6.07, 6.45) is 0. The molecule has 0 atom stereocenters. The van der Waals surface area contributed by atoms with Crippen LogP contribution in [0.15, 0.2) is 34.9 Å². The number of methoxy groups -OCH3 is 1. The molecule has 1 heterocycles. The Morgan fingerprint density at radius 3 is 2.30 bits per heavy atom. The molecule has 1 aromatic rings. The third kappa shape index (κ3) is 2.81. The van der Waals surface area contributed by atoms with Gasteiger partial charge in [-0.3, -0.25) is 9.10 Å². The molecule has 7 nitrogen and oxygen atoms in total. The van der Waals surface area contributed by atoms with Crippen molar-refractivity contribution in [3.63, 3.8) is 0 Å². The molecule has 1 aliphatic heterocycles. The Morgan fingerprint density at radius 2 is 1.78 bits per heavy atom. The van der Waals surface area contributed by atoms with Crippen molar-refractivity contribution in [1.29, 1.82) is 0 Å². The summed E-state index contributed by atoms with van der Waals surface area (Å²) in [5.41, 5.74) is -0.156. The number of fused-ring (bicyclic) bond motifs is 1. The first-order chi connectivity index (χ1) is 10.7. The Hall–Kier alpha value is -2.35. The van der Waals surface area contributed by atoms with Crippen LogP contribution in [-0.2, 0) is 29.1 Å². The molecule has 1 aromatic carbocycles. The number of hydrogen-bond donors (Lipinski definition) is 0. The van der Waals surface area contributed by atoms with Crippen LogP contribution in [0.25, 0.3) is 5.76 Å². The maximum absolute atomic E-state index is 12.9. The van der Waals surface area contributed by atoms with Crippen molar-refractivity contribution in [2.45, 2.75) is 31.7 Å². The van der Waals surface area contributed by atoms with Gasteiger partial charge < -0.3 is 9.47 Å². The third-order valence-corrected chi connectivity index (χ3v) is 5.23. The van der Waals surface area contributed by atoms with Gasteiger partial charge >= 0.3 is 11.9 Å². The molecule has 0 N–H and O–H groups in total. The number of benzene rings is 1. The fraction of sp³-hybridized carbons (Fsp3) is 0.333. The van der Waals surface area contributed by atoms with E-state index >= 15 is 0 Å². The predicted octanol–water partition coefficient (Wildman–Crippen LogP) is 1.50. The molecule has 0 spiro atoms. The van der Waals surface area contributed by atoms with Gasteiger partial charge in [0.25, 0.3) is 10.0 Å². The van der Waals surface area contributed by atoms with E-state index in [1.807, 2.05) is 0 Å². The summed E-state index contributed by atoms with van der Waals surface area (Å²) in [4.78, 5) is 23.6. The molecule has 124 valence electrons. The van der Waals surface area contributed by atoms with Crippen LogP contribution in [0.3, 0.4) is 0 Å². The number of rotatable bonds is 3. The van der Waals surface area contributed by atoms with Gasteiger partial charge in [-0.25, -0.2) is 13.2 Å². The smallest absolute Gasteiger partial charge is 0.359 e. The maximum atomic E-state index is 12.9. The first-order valence-corrected chi connectivity index (χ1v) is 8.30.